The number of alkyl halides is 2. The highest BCUT2D eigenvalue weighted by Gasteiger charge is 2.20. The maximum Gasteiger partial charge on any atom is 0.165 e. The second kappa shape index (κ2) is 15.7. The van der Waals surface area contributed by atoms with Crippen molar-refractivity contribution in [1.29, 1.82) is 0 Å². The van der Waals surface area contributed by atoms with Gasteiger partial charge in [0, 0.05) is 18.0 Å². The molecule has 0 fully saturated rings. The van der Waals surface area contributed by atoms with Crippen LogP contribution in [0.15, 0.2) is 36.7 Å². The van der Waals surface area contributed by atoms with Crippen LogP contribution in [0.5, 0.6) is 5.75 Å². The van der Waals surface area contributed by atoms with Crippen LogP contribution in [0.1, 0.15) is 90.0 Å². The van der Waals surface area contributed by atoms with E-state index in [0.717, 1.165) is 30.4 Å². The number of hydrogen-bond donors (Lipinski definition) is 0. The van der Waals surface area contributed by atoms with E-state index in [4.69, 9.17) is 4.74 Å². The summed E-state index contributed by atoms with van der Waals surface area (Å²) >= 11 is 0. The van der Waals surface area contributed by atoms with E-state index in [1.54, 1.807) is 12.1 Å². The second-order valence-corrected chi connectivity index (χ2v) is 8.65. The number of halogens is 2. The van der Waals surface area contributed by atoms with Gasteiger partial charge in [0.1, 0.15) is 18.5 Å². The van der Waals surface area contributed by atoms with Crippen molar-refractivity contribution in [3.8, 4) is 17.1 Å². The first-order valence-electron chi connectivity index (χ1n) is 12.5. The Labute approximate surface area is 193 Å². The number of nitrogens with zero attached hydrogens (tertiary/aromatic N) is 2. The van der Waals surface area contributed by atoms with Crippen LogP contribution in [0.3, 0.4) is 0 Å². The number of aromatic nitrogens is 2. The van der Waals surface area contributed by atoms with Crippen molar-refractivity contribution in [3.05, 3.63) is 42.2 Å². The summed E-state index contributed by atoms with van der Waals surface area (Å²) in [7, 11) is 0. The van der Waals surface area contributed by atoms with Crippen LogP contribution in [0.4, 0.5) is 8.78 Å². The Morgan fingerprint density at radius 3 is 2.00 bits per heavy atom. The second-order valence-electron chi connectivity index (χ2n) is 8.65. The van der Waals surface area contributed by atoms with Gasteiger partial charge in [-0.2, -0.15) is 0 Å². The topological polar surface area (TPSA) is 35.0 Å². The van der Waals surface area contributed by atoms with Gasteiger partial charge >= 0.3 is 0 Å². The molecule has 0 saturated heterocycles. The third-order valence-corrected chi connectivity index (χ3v) is 5.77. The van der Waals surface area contributed by atoms with E-state index in [0.29, 0.717) is 18.0 Å². The molecule has 2 atom stereocenters. The van der Waals surface area contributed by atoms with E-state index in [2.05, 4.69) is 16.9 Å². The van der Waals surface area contributed by atoms with Crippen molar-refractivity contribution >= 4 is 0 Å². The molecule has 0 radical (unpaired) electrons. The summed E-state index contributed by atoms with van der Waals surface area (Å²) in [5, 5.41) is 0. The number of hydrogen-bond acceptors (Lipinski definition) is 3. The lowest BCUT2D eigenvalue weighted by Gasteiger charge is -2.14. The number of rotatable bonds is 17. The lowest BCUT2D eigenvalue weighted by atomic mass is 10.1. The van der Waals surface area contributed by atoms with Crippen molar-refractivity contribution in [2.75, 3.05) is 6.61 Å². The predicted octanol–water partition coefficient (Wildman–Crippen LogP) is 8.07. The van der Waals surface area contributed by atoms with Crippen LogP contribution in [-0.2, 0) is 6.42 Å². The Bertz CT molecular complexity index is 721. The molecule has 0 aliphatic rings. The molecule has 32 heavy (non-hydrogen) atoms. The highest BCUT2D eigenvalue weighted by Crippen LogP contribution is 2.21. The standard InChI is InChI=1S/C27H40F2N2O/c1-3-5-7-8-9-10-12-13-22-19-30-27(31-20-22)23-15-17-24(18-16-23)32-21-26(29)25(28)14-11-6-4-2/h15-20,25-26H,3-14,21H2,1-2H3/t25-,26-/m1/s1. The fourth-order valence-electron chi connectivity index (χ4n) is 3.67. The van der Waals surface area contributed by atoms with Crippen molar-refractivity contribution in [2.24, 2.45) is 0 Å². The summed E-state index contributed by atoms with van der Waals surface area (Å²) < 4.78 is 33.2. The first-order valence-corrected chi connectivity index (χ1v) is 12.5. The maximum absolute atomic E-state index is 14.0. The molecule has 2 aromatic rings. The third kappa shape index (κ3) is 10.1. The molecular formula is C27H40F2N2O. The zero-order valence-corrected chi connectivity index (χ0v) is 19.9. The van der Waals surface area contributed by atoms with Crippen LogP contribution in [-0.4, -0.2) is 28.9 Å². The highest BCUT2D eigenvalue weighted by molar-refractivity contribution is 5.55. The summed E-state index contributed by atoms with van der Waals surface area (Å²) in [6.45, 7) is 4.02. The predicted molar refractivity (Wildman–Crippen MR) is 129 cm³/mol. The zero-order chi connectivity index (χ0) is 23.0. The molecule has 0 aliphatic heterocycles. The highest BCUT2D eigenvalue weighted by atomic mass is 19.2. The van der Waals surface area contributed by atoms with E-state index in [9.17, 15) is 8.78 Å². The van der Waals surface area contributed by atoms with Gasteiger partial charge in [-0.15, -0.1) is 0 Å². The minimum absolute atomic E-state index is 0.254. The first-order chi connectivity index (χ1) is 15.6. The van der Waals surface area contributed by atoms with Crippen LogP contribution in [0, 0.1) is 0 Å². The minimum atomic E-state index is -1.60. The molecule has 5 heteroatoms. The van der Waals surface area contributed by atoms with Crippen molar-refractivity contribution in [1.82, 2.24) is 9.97 Å². The van der Waals surface area contributed by atoms with Gasteiger partial charge in [-0.1, -0.05) is 71.6 Å². The average Bonchev–Trinajstić information content (AvgIpc) is 2.83. The van der Waals surface area contributed by atoms with Gasteiger partial charge < -0.3 is 4.74 Å². The van der Waals surface area contributed by atoms with E-state index >= 15 is 0 Å². The molecule has 1 heterocycles. The smallest absolute Gasteiger partial charge is 0.165 e. The average molecular weight is 447 g/mol. The van der Waals surface area contributed by atoms with Crippen molar-refractivity contribution in [2.45, 2.75) is 103 Å². The normalized spacial score (nSPS) is 13.1. The molecule has 0 bridgehead atoms. The molecule has 0 aliphatic carbocycles. The van der Waals surface area contributed by atoms with Gasteiger partial charge in [-0.05, 0) is 49.1 Å². The lowest BCUT2D eigenvalue weighted by molar-refractivity contribution is 0.102. The fraction of sp³-hybridized carbons (Fsp3) is 0.630. The molecule has 178 valence electrons. The maximum atomic E-state index is 14.0. The van der Waals surface area contributed by atoms with Gasteiger partial charge in [0.15, 0.2) is 12.0 Å². The van der Waals surface area contributed by atoms with Crippen molar-refractivity contribution in [3.63, 3.8) is 0 Å². The van der Waals surface area contributed by atoms with E-state index < -0.39 is 12.3 Å². The Morgan fingerprint density at radius 2 is 1.34 bits per heavy atom. The quantitative estimate of drug-likeness (QED) is 0.230. The van der Waals surface area contributed by atoms with Crippen molar-refractivity contribution < 1.29 is 13.5 Å². The summed E-state index contributed by atoms with van der Waals surface area (Å²) in [4.78, 5) is 8.98. The number of aryl methyl sites for hydroxylation is 1. The van der Waals surface area contributed by atoms with E-state index in [1.165, 1.54) is 44.9 Å². The van der Waals surface area contributed by atoms with E-state index in [1.807, 2.05) is 31.5 Å². The molecule has 3 nitrogen and oxygen atoms in total. The molecule has 1 aromatic carbocycles. The van der Waals surface area contributed by atoms with E-state index in [-0.39, 0.29) is 13.0 Å². The molecular weight excluding hydrogens is 406 g/mol. The van der Waals surface area contributed by atoms with Gasteiger partial charge in [0.25, 0.3) is 0 Å². The summed E-state index contributed by atoms with van der Waals surface area (Å²) in [6, 6.07) is 7.20. The van der Waals surface area contributed by atoms with Gasteiger partial charge in [0.2, 0.25) is 0 Å². The summed E-state index contributed by atoms with van der Waals surface area (Å²) in [5.74, 6) is 1.18. The third-order valence-electron chi connectivity index (χ3n) is 5.77. The molecule has 2 rings (SSSR count). The van der Waals surface area contributed by atoms with Crippen LogP contribution in [0.2, 0.25) is 0 Å². The SMILES string of the molecule is CCCCCCCCCc1cnc(-c2ccc(OC[C@@H](F)[C@H](F)CCCCC)cc2)nc1. The largest absolute Gasteiger partial charge is 0.490 e. The Morgan fingerprint density at radius 1 is 0.750 bits per heavy atom. The Kier molecular flexibility index (Phi) is 12.9. The zero-order valence-electron chi connectivity index (χ0n) is 19.9. The molecule has 0 N–H and O–H groups in total. The van der Waals surface area contributed by atoms with Gasteiger partial charge in [0.05, 0.1) is 0 Å². The summed E-state index contributed by atoms with van der Waals surface area (Å²) in [5.41, 5.74) is 2.04. The van der Waals surface area contributed by atoms with Crippen LogP contribution in [0.25, 0.3) is 11.4 Å². The molecule has 0 spiro atoms. The molecule has 0 saturated carbocycles. The fourth-order valence-corrected chi connectivity index (χ4v) is 3.67. The summed E-state index contributed by atoms with van der Waals surface area (Å²) in [6.07, 6.45) is 13.7. The molecule has 0 amide bonds. The van der Waals surface area contributed by atoms with Crippen LogP contribution >= 0.6 is 0 Å². The number of unbranched alkanes of at least 4 members (excludes halogenated alkanes) is 8. The van der Waals surface area contributed by atoms with Gasteiger partial charge in [-0.3, -0.25) is 0 Å². The Balaban J connectivity index is 1.73. The number of ether oxygens (including phenoxy) is 1. The number of benzene rings is 1. The minimum Gasteiger partial charge on any atom is -0.490 e. The molecule has 0 unspecified atom stereocenters. The monoisotopic (exact) mass is 446 g/mol. The Hall–Kier alpha value is -2.04. The van der Waals surface area contributed by atoms with Crippen LogP contribution < -0.4 is 4.74 Å². The van der Waals surface area contributed by atoms with Gasteiger partial charge in [-0.25, -0.2) is 18.7 Å². The molecule has 1 aromatic heterocycles. The first kappa shape index (κ1) is 26.2. The lowest BCUT2D eigenvalue weighted by Crippen LogP contribution is -2.24.